The summed E-state index contributed by atoms with van der Waals surface area (Å²) in [6.07, 6.45) is 11.1. The molecule has 0 radical (unpaired) electrons. The number of benzene rings is 1. The van der Waals surface area contributed by atoms with Crippen molar-refractivity contribution >= 4 is 38.5 Å². The third kappa shape index (κ3) is 7.31. The highest BCUT2D eigenvalue weighted by Crippen LogP contribution is 2.75. The summed E-state index contributed by atoms with van der Waals surface area (Å²) in [6, 6.07) is 3.65. The topological polar surface area (TPSA) is 221 Å². The molecule has 8 N–H and O–H groups in total. The fourth-order valence-electron chi connectivity index (χ4n) is 16.7. The Balaban J connectivity index is 1.10. The Hall–Kier alpha value is -2.09. The summed E-state index contributed by atoms with van der Waals surface area (Å²) in [5.41, 5.74) is -6.03. The van der Waals surface area contributed by atoms with Crippen LogP contribution in [0, 0.1) is 46.3 Å². The Morgan fingerprint density at radius 1 is 0.928 bits per heavy atom. The second-order valence-corrected chi connectivity index (χ2v) is 25.7. The van der Waals surface area contributed by atoms with Gasteiger partial charge < -0.3 is 64.4 Å². The first kappa shape index (κ1) is 49.1. The fraction of sp³-hybridized carbons (Fsp3) is 0.792. The summed E-state index contributed by atoms with van der Waals surface area (Å²) >= 11 is 0. The van der Waals surface area contributed by atoms with E-state index in [4.69, 9.17) is 23.4 Å². The van der Waals surface area contributed by atoms with Crippen molar-refractivity contribution in [1.82, 2.24) is 5.32 Å². The van der Waals surface area contributed by atoms with E-state index in [9.17, 15) is 40.5 Å². The van der Waals surface area contributed by atoms with Gasteiger partial charge in [0.25, 0.3) is 0 Å². The van der Waals surface area contributed by atoms with Crippen LogP contribution in [0.2, 0.25) is 0 Å². The van der Waals surface area contributed by atoms with Crippen LogP contribution in [-0.2, 0) is 20.7 Å². The number of hydrogen-bond donors (Lipinski definition) is 8. The van der Waals surface area contributed by atoms with Crippen molar-refractivity contribution in [2.75, 3.05) is 32.1 Å². The molecule has 7 bridgehead atoms. The number of allylic oxidation sites excluding steroid dienone is 1. The molecule has 2 aromatic rings. The third-order valence-electron chi connectivity index (χ3n) is 20.1. The first-order chi connectivity index (χ1) is 33.2. The van der Waals surface area contributed by atoms with Gasteiger partial charge in [0.15, 0.2) is 16.9 Å². The Kier molecular flexibility index (Phi) is 13.1. The lowest BCUT2D eigenvalue weighted by Crippen LogP contribution is -2.86. The van der Waals surface area contributed by atoms with E-state index in [1.54, 1.807) is 42.2 Å². The quantitative estimate of drug-likeness (QED) is 0.0984. The number of carbonyl (C=O) groups is 1. The Bertz CT molecular complexity index is 2260. The molecule has 0 unspecified atom stereocenters. The number of aliphatic hydroxyl groups excluding tert-OH is 5. The maximum absolute atomic E-state index is 13.6. The molecule has 6 aliphatic carbocycles. The smallest absolute Gasteiger partial charge is 0.306 e. The molecule has 382 valence electrons. The number of esters is 1. The maximum Gasteiger partial charge on any atom is 0.306 e. The third-order valence-corrected chi connectivity index (χ3v) is 23.5. The largest absolute Gasteiger partial charge is 0.485 e. The molecule has 14 nitrogen and oxygen atoms in total. The van der Waals surface area contributed by atoms with Crippen molar-refractivity contribution < 1.29 is 63.9 Å². The van der Waals surface area contributed by atoms with Crippen molar-refractivity contribution in [3.8, 4) is 11.5 Å². The molecule has 0 amide bonds. The number of fused-ring (bicyclic) bond motifs is 11. The van der Waals surface area contributed by atoms with Crippen molar-refractivity contribution in [2.45, 2.75) is 181 Å². The predicted octanol–water partition coefficient (Wildman–Crippen LogP) is 5.96. The molecule has 11 rings (SSSR count). The van der Waals surface area contributed by atoms with Crippen molar-refractivity contribution in [2.24, 2.45) is 46.3 Å². The summed E-state index contributed by atoms with van der Waals surface area (Å²) < 4.78 is 32.4. The minimum Gasteiger partial charge on any atom is -0.485 e. The molecule has 1 aromatic carbocycles. The number of ether oxygens (including phenoxy) is 4. The average molecular weight is 998 g/mol. The number of furan rings is 1. The highest BCUT2D eigenvalue weighted by Gasteiger charge is 2.79. The van der Waals surface area contributed by atoms with E-state index in [1.807, 2.05) is 16.9 Å². The number of nitrogens with one attached hydrogen (secondary N) is 1. The van der Waals surface area contributed by atoms with E-state index in [0.717, 1.165) is 64.2 Å². The predicted molar refractivity (Wildman–Crippen MR) is 260 cm³/mol. The molecule has 5 saturated carbocycles. The van der Waals surface area contributed by atoms with Gasteiger partial charge in [-0.3, -0.25) is 4.79 Å². The zero-order valence-corrected chi connectivity index (χ0v) is 41.9. The van der Waals surface area contributed by atoms with Crippen LogP contribution >= 0.6 is 21.6 Å². The summed E-state index contributed by atoms with van der Waals surface area (Å²) in [5.74, 6) is -1.82. The molecule has 18 atom stereocenters. The highest BCUT2D eigenvalue weighted by atomic mass is 33.1. The second kappa shape index (κ2) is 18.4. The summed E-state index contributed by atoms with van der Waals surface area (Å²) in [7, 11) is 3.36. The van der Waals surface area contributed by atoms with E-state index in [-0.39, 0.29) is 89.8 Å². The van der Waals surface area contributed by atoms with Gasteiger partial charge in [0.1, 0.15) is 23.9 Å². The number of hydrogen-bond acceptors (Lipinski definition) is 16. The first-order valence-corrected chi connectivity index (χ1v) is 28.7. The molecule has 3 aliphatic heterocycles. The van der Waals surface area contributed by atoms with E-state index in [0.29, 0.717) is 41.3 Å². The Labute approximate surface area is 413 Å². The summed E-state index contributed by atoms with van der Waals surface area (Å²) in [4.78, 5) is 13.0. The second-order valence-electron chi connectivity index (χ2n) is 23.0. The highest BCUT2D eigenvalue weighted by molar-refractivity contribution is 8.77. The van der Waals surface area contributed by atoms with Gasteiger partial charge in [-0.25, -0.2) is 0 Å². The molecular formula is C53H75NO13S2. The van der Waals surface area contributed by atoms with E-state index in [1.165, 1.54) is 12.8 Å². The lowest BCUT2D eigenvalue weighted by atomic mass is 9.50. The minimum atomic E-state index is -2.48. The van der Waals surface area contributed by atoms with Crippen LogP contribution in [0.3, 0.4) is 0 Å². The normalized spacial score (nSPS) is 47.3. The Morgan fingerprint density at radius 2 is 1.75 bits per heavy atom. The van der Waals surface area contributed by atoms with Gasteiger partial charge in [0, 0.05) is 58.8 Å². The van der Waals surface area contributed by atoms with E-state index < -0.39 is 71.7 Å². The average Bonchev–Trinajstić information content (AvgIpc) is 4.09. The molecule has 1 aromatic heterocycles. The van der Waals surface area contributed by atoms with Gasteiger partial charge in [-0.15, -0.1) is 0 Å². The van der Waals surface area contributed by atoms with Crippen LogP contribution in [-0.4, -0.2) is 132 Å². The van der Waals surface area contributed by atoms with E-state index >= 15 is 0 Å². The van der Waals surface area contributed by atoms with Gasteiger partial charge in [-0.2, -0.15) is 0 Å². The standard InChI is InChI=1S/C53H75NO13S2/c1-3-63-40(58)16-11-31-26-32-17-24-64-42(32)44-43(31)66-47-53(62)41-33(10-13-36(56)35(41)28-55)27-51(61,46(53)60)52(67-47)29-68-69-50(38(54-23-25-65-44)15-9-30(2)6-4-8-39(52)57)22-21-49-20-19-48(45(49)59)18-5-7-34(48)12-14-37(49)50/h10,13,17,24,26,30,33-39,41,45-47,54-57,59-62H,3-9,11-12,14-16,18-23,25,27-29H2,1-2H3/t30-,33+,34-,35-,36-,37-,38-,39+,41+,45-,46+,47-,48+,49+,50-,51+,52-,53-/m1/s1. The van der Waals surface area contributed by atoms with Crippen molar-refractivity contribution in [1.29, 1.82) is 0 Å². The van der Waals surface area contributed by atoms with Crippen LogP contribution in [0.1, 0.15) is 122 Å². The minimum absolute atomic E-state index is 0.0117. The van der Waals surface area contributed by atoms with Crippen LogP contribution in [0.15, 0.2) is 35.0 Å². The Morgan fingerprint density at radius 3 is 2.58 bits per heavy atom. The summed E-state index contributed by atoms with van der Waals surface area (Å²) in [5, 5.41) is 93.2. The van der Waals surface area contributed by atoms with Crippen molar-refractivity contribution in [3.05, 3.63) is 36.1 Å². The number of rotatable bonds is 5. The van der Waals surface area contributed by atoms with Crippen LogP contribution in [0.5, 0.6) is 11.5 Å². The molecule has 2 saturated heterocycles. The summed E-state index contributed by atoms with van der Waals surface area (Å²) in [6.45, 7) is 4.33. The first-order valence-electron chi connectivity index (χ1n) is 26.4. The SMILES string of the molecule is CCOC(=O)CCc1cc2ccoc2c2c1O[C@@H]1O[C@@]3(CSS[C@@]4(CC[C@@]56CC[C@]7(CCC[C@@H]7CC[C@H]54)[C@H]6O)[C@@H](CC[C@H](C)CCC[C@@H]3O)NCCO2)[C@]2(O)C[C@@H]3C=C[C@@H](O)[C@@H](CO)[C@H]3[C@@]1(O)[C@H]2O. The number of carbonyl (C=O) groups excluding carboxylic acids is 1. The lowest BCUT2D eigenvalue weighted by molar-refractivity contribution is -0.424. The molecule has 4 heterocycles. The molecule has 69 heavy (non-hydrogen) atoms. The van der Waals surface area contributed by atoms with Gasteiger partial charge in [0.2, 0.25) is 12.0 Å². The zero-order chi connectivity index (χ0) is 48.1. The lowest BCUT2D eigenvalue weighted by Gasteiger charge is -2.67. The van der Waals surface area contributed by atoms with Gasteiger partial charge in [-0.05, 0) is 137 Å². The molecule has 4 spiro atoms. The maximum atomic E-state index is 13.6. The van der Waals surface area contributed by atoms with Crippen molar-refractivity contribution in [3.63, 3.8) is 0 Å². The molecule has 7 fully saturated rings. The van der Waals surface area contributed by atoms with Crippen LogP contribution < -0.4 is 14.8 Å². The number of aryl methyl sites for hydroxylation is 1. The van der Waals surface area contributed by atoms with E-state index in [2.05, 4.69) is 12.2 Å². The van der Waals surface area contributed by atoms with Gasteiger partial charge >= 0.3 is 5.97 Å². The van der Waals surface area contributed by atoms with Gasteiger partial charge in [0.05, 0.1) is 31.2 Å². The fourth-order valence-corrected chi connectivity index (χ4v) is 21.0. The van der Waals surface area contributed by atoms with Crippen LogP contribution in [0.25, 0.3) is 11.0 Å². The van der Waals surface area contributed by atoms with Crippen LogP contribution in [0.4, 0.5) is 0 Å². The number of aliphatic hydroxyl groups is 7. The zero-order valence-electron chi connectivity index (χ0n) is 40.3. The molecular weight excluding hydrogens is 923 g/mol. The molecule has 9 aliphatic rings. The molecule has 16 heteroatoms. The monoisotopic (exact) mass is 997 g/mol. The van der Waals surface area contributed by atoms with Gasteiger partial charge in [-0.1, -0.05) is 59.9 Å².